The molecule has 2 aliphatic carbocycles. The van der Waals surface area contributed by atoms with Crippen LogP contribution in [-0.4, -0.2) is 18.4 Å². The fourth-order valence-corrected chi connectivity index (χ4v) is 5.07. The largest absolute Gasteiger partial charge is 0.326 e. The van der Waals surface area contributed by atoms with Gasteiger partial charge in [-0.3, -0.25) is 9.59 Å². The zero-order chi connectivity index (χ0) is 16.7. The highest BCUT2D eigenvalue weighted by Gasteiger charge is 2.40. The molecule has 3 atom stereocenters. The Labute approximate surface area is 147 Å². The van der Waals surface area contributed by atoms with Crippen molar-refractivity contribution in [2.24, 2.45) is 17.8 Å². The van der Waals surface area contributed by atoms with Crippen LogP contribution >= 0.6 is 11.6 Å². The topological polar surface area (TPSA) is 49.4 Å². The van der Waals surface area contributed by atoms with Gasteiger partial charge in [0.15, 0.2) is 0 Å². The molecule has 0 spiro atoms. The fraction of sp³-hybridized carbons (Fsp3) is 0.579. The smallest absolute Gasteiger partial charge is 0.227 e. The van der Waals surface area contributed by atoms with Crippen LogP contribution in [0.5, 0.6) is 0 Å². The van der Waals surface area contributed by atoms with E-state index in [0.29, 0.717) is 36.0 Å². The molecule has 1 aliphatic heterocycles. The molecule has 1 aromatic carbocycles. The average Bonchev–Trinajstić information content (AvgIpc) is 3.24. The highest BCUT2D eigenvalue weighted by atomic mass is 35.5. The molecule has 5 heteroatoms. The molecule has 2 bridgehead atoms. The van der Waals surface area contributed by atoms with Gasteiger partial charge in [-0.25, -0.2) is 0 Å². The van der Waals surface area contributed by atoms with E-state index < -0.39 is 0 Å². The molecular formula is C19H23ClN2O2. The third kappa shape index (κ3) is 3.04. The lowest BCUT2D eigenvalue weighted by Gasteiger charge is -2.21. The summed E-state index contributed by atoms with van der Waals surface area (Å²) in [5.74, 6) is 2.37. The number of amides is 2. The Morgan fingerprint density at radius 3 is 2.79 bits per heavy atom. The summed E-state index contributed by atoms with van der Waals surface area (Å²) in [4.78, 5) is 25.9. The highest BCUT2D eigenvalue weighted by Crippen LogP contribution is 2.49. The molecule has 0 radical (unpaired) electrons. The van der Waals surface area contributed by atoms with Crippen LogP contribution in [0.1, 0.15) is 44.9 Å². The maximum atomic E-state index is 12.3. The van der Waals surface area contributed by atoms with Gasteiger partial charge in [0, 0.05) is 25.1 Å². The van der Waals surface area contributed by atoms with Crippen molar-refractivity contribution in [3.05, 3.63) is 23.2 Å². The minimum absolute atomic E-state index is 0.0774. The summed E-state index contributed by atoms with van der Waals surface area (Å²) in [6.45, 7) is 0.717. The molecule has 3 aliphatic rings. The van der Waals surface area contributed by atoms with Crippen LogP contribution in [-0.2, 0) is 9.59 Å². The number of halogens is 1. The molecule has 1 saturated heterocycles. The summed E-state index contributed by atoms with van der Waals surface area (Å²) >= 11 is 6.33. The number of fused-ring (bicyclic) bond motifs is 2. The monoisotopic (exact) mass is 346 g/mol. The van der Waals surface area contributed by atoms with E-state index in [2.05, 4.69) is 5.32 Å². The lowest BCUT2D eigenvalue weighted by molar-refractivity contribution is -0.118. The predicted molar refractivity (Wildman–Crippen MR) is 95.2 cm³/mol. The molecular weight excluding hydrogens is 324 g/mol. The Hall–Kier alpha value is -1.55. The minimum atomic E-state index is 0.0774. The third-order valence-corrected chi connectivity index (χ3v) is 6.23. The van der Waals surface area contributed by atoms with Crippen LogP contribution in [0.2, 0.25) is 5.02 Å². The Morgan fingerprint density at radius 2 is 2.17 bits per heavy atom. The van der Waals surface area contributed by atoms with Crippen LogP contribution in [0.15, 0.2) is 18.2 Å². The molecule has 1 heterocycles. The first-order chi connectivity index (χ1) is 11.6. The van der Waals surface area contributed by atoms with E-state index in [9.17, 15) is 9.59 Å². The van der Waals surface area contributed by atoms with E-state index in [1.165, 1.54) is 25.7 Å². The quantitative estimate of drug-likeness (QED) is 0.886. The molecule has 24 heavy (non-hydrogen) atoms. The summed E-state index contributed by atoms with van der Waals surface area (Å²) in [7, 11) is 0. The maximum absolute atomic E-state index is 12.3. The number of nitrogens with one attached hydrogen (secondary N) is 1. The molecule has 1 aromatic rings. The number of carbonyl (C=O) groups excluding carboxylic acids is 2. The molecule has 2 amide bonds. The third-order valence-electron chi connectivity index (χ3n) is 5.93. The van der Waals surface area contributed by atoms with Gasteiger partial charge < -0.3 is 10.2 Å². The Kier molecular flexibility index (Phi) is 4.25. The van der Waals surface area contributed by atoms with Gasteiger partial charge in [-0.15, -0.1) is 0 Å². The zero-order valence-corrected chi connectivity index (χ0v) is 14.5. The summed E-state index contributed by atoms with van der Waals surface area (Å²) in [6, 6.07) is 5.42. The van der Waals surface area contributed by atoms with Crippen LogP contribution in [0.4, 0.5) is 11.4 Å². The second kappa shape index (κ2) is 6.40. The lowest BCUT2D eigenvalue weighted by atomic mass is 9.86. The molecule has 2 saturated carbocycles. The molecule has 4 rings (SSSR count). The number of hydrogen-bond donors (Lipinski definition) is 1. The van der Waals surface area contributed by atoms with E-state index in [-0.39, 0.29) is 11.8 Å². The normalized spacial score (nSPS) is 28.6. The van der Waals surface area contributed by atoms with Gasteiger partial charge in [-0.05, 0) is 61.6 Å². The minimum Gasteiger partial charge on any atom is -0.326 e. The Bertz CT molecular complexity index is 675. The van der Waals surface area contributed by atoms with E-state index in [0.717, 1.165) is 23.9 Å². The van der Waals surface area contributed by atoms with Crippen molar-refractivity contribution in [3.63, 3.8) is 0 Å². The van der Waals surface area contributed by atoms with Crippen LogP contribution in [0.3, 0.4) is 0 Å². The summed E-state index contributed by atoms with van der Waals surface area (Å²) in [5, 5.41) is 3.49. The second-order valence-electron chi connectivity index (χ2n) is 7.50. The predicted octanol–water partition coefficient (Wildman–Crippen LogP) is 4.23. The zero-order valence-electron chi connectivity index (χ0n) is 13.8. The van der Waals surface area contributed by atoms with Gasteiger partial charge in [-0.1, -0.05) is 18.0 Å². The van der Waals surface area contributed by atoms with Gasteiger partial charge in [0.05, 0.1) is 10.7 Å². The second-order valence-corrected chi connectivity index (χ2v) is 7.91. The van der Waals surface area contributed by atoms with Crippen molar-refractivity contribution >= 4 is 34.8 Å². The summed E-state index contributed by atoms with van der Waals surface area (Å²) in [5.41, 5.74) is 1.45. The van der Waals surface area contributed by atoms with Crippen LogP contribution in [0.25, 0.3) is 0 Å². The van der Waals surface area contributed by atoms with Crippen molar-refractivity contribution in [3.8, 4) is 0 Å². The first kappa shape index (κ1) is 15.9. The SMILES string of the molecule is O=C(C[C@H]1C[C@H]2CC[C@H]1C2)Nc1ccc(N2CCCC2=O)c(Cl)c1. The Balaban J connectivity index is 1.38. The van der Waals surface area contributed by atoms with E-state index >= 15 is 0 Å². The first-order valence-electron chi connectivity index (χ1n) is 9.00. The van der Waals surface area contributed by atoms with Gasteiger partial charge in [-0.2, -0.15) is 0 Å². The van der Waals surface area contributed by atoms with Crippen molar-refractivity contribution < 1.29 is 9.59 Å². The van der Waals surface area contributed by atoms with E-state index in [1.54, 1.807) is 11.0 Å². The molecule has 0 aromatic heterocycles. The summed E-state index contributed by atoms with van der Waals surface area (Å²) < 4.78 is 0. The van der Waals surface area contributed by atoms with Gasteiger partial charge in [0.1, 0.15) is 0 Å². The summed E-state index contributed by atoms with van der Waals surface area (Å²) in [6.07, 6.45) is 7.26. The molecule has 1 N–H and O–H groups in total. The van der Waals surface area contributed by atoms with Crippen LogP contribution < -0.4 is 10.2 Å². The van der Waals surface area contributed by atoms with E-state index in [1.807, 2.05) is 12.1 Å². The Morgan fingerprint density at radius 1 is 1.29 bits per heavy atom. The number of rotatable bonds is 4. The van der Waals surface area contributed by atoms with Crippen molar-refractivity contribution in [1.82, 2.24) is 0 Å². The van der Waals surface area contributed by atoms with Crippen molar-refractivity contribution in [1.29, 1.82) is 0 Å². The number of benzene rings is 1. The number of nitrogens with zero attached hydrogens (tertiary/aromatic N) is 1. The molecule has 128 valence electrons. The molecule has 0 unspecified atom stereocenters. The van der Waals surface area contributed by atoms with Crippen LogP contribution in [0, 0.1) is 17.8 Å². The standard InChI is InChI=1S/C19H23ClN2O2/c20-16-11-15(5-6-17(16)22-7-1-2-19(22)24)21-18(23)10-14-9-12-3-4-13(14)8-12/h5-6,11-14H,1-4,7-10H2,(H,21,23)/t12-,13-,14+/m0/s1. The fourth-order valence-electron chi connectivity index (χ4n) is 4.78. The first-order valence-corrected chi connectivity index (χ1v) is 9.37. The number of carbonyl (C=O) groups is 2. The number of hydrogen-bond acceptors (Lipinski definition) is 2. The highest BCUT2D eigenvalue weighted by molar-refractivity contribution is 6.34. The van der Waals surface area contributed by atoms with Crippen molar-refractivity contribution in [2.75, 3.05) is 16.8 Å². The average molecular weight is 347 g/mol. The molecule has 3 fully saturated rings. The van der Waals surface area contributed by atoms with Gasteiger partial charge >= 0.3 is 0 Å². The number of anilines is 2. The van der Waals surface area contributed by atoms with Crippen molar-refractivity contribution in [2.45, 2.75) is 44.9 Å². The van der Waals surface area contributed by atoms with Gasteiger partial charge in [0.25, 0.3) is 0 Å². The lowest BCUT2D eigenvalue weighted by Crippen LogP contribution is -2.24. The maximum Gasteiger partial charge on any atom is 0.227 e. The molecule has 4 nitrogen and oxygen atoms in total. The van der Waals surface area contributed by atoms with Gasteiger partial charge in [0.2, 0.25) is 11.8 Å². The van der Waals surface area contributed by atoms with E-state index in [4.69, 9.17) is 11.6 Å².